The summed E-state index contributed by atoms with van der Waals surface area (Å²) in [5, 5.41) is 12.7. The smallest absolute Gasteiger partial charge is 0.336 e. The molecule has 0 saturated heterocycles. The molecule has 0 bridgehead atoms. The molecule has 1 aliphatic heterocycles. The van der Waals surface area contributed by atoms with Gasteiger partial charge in [0.05, 0.1) is 23.8 Å². The van der Waals surface area contributed by atoms with Crippen LogP contribution in [-0.2, 0) is 0 Å². The van der Waals surface area contributed by atoms with E-state index >= 15 is 0 Å². The first kappa shape index (κ1) is 13.3. The summed E-state index contributed by atoms with van der Waals surface area (Å²) < 4.78 is 5.19. The number of nitrogens with one attached hydrogen (secondary N) is 2. The Kier molecular flexibility index (Phi) is 2.51. The van der Waals surface area contributed by atoms with Crippen molar-refractivity contribution in [2.45, 2.75) is 0 Å². The van der Waals surface area contributed by atoms with Gasteiger partial charge in [-0.15, -0.1) is 0 Å². The van der Waals surface area contributed by atoms with Crippen LogP contribution in [0.25, 0.3) is 21.8 Å². The average molecular weight is 310 g/mol. The van der Waals surface area contributed by atoms with E-state index in [0.29, 0.717) is 22.0 Å². The van der Waals surface area contributed by atoms with Crippen molar-refractivity contribution in [2.75, 3.05) is 7.11 Å². The van der Waals surface area contributed by atoms with Crippen LogP contribution in [0.5, 0.6) is 5.75 Å². The third-order valence-corrected chi connectivity index (χ3v) is 4.00. The van der Waals surface area contributed by atoms with Crippen LogP contribution < -0.4 is 10.1 Å². The van der Waals surface area contributed by atoms with Gasteiger partial charge >= 0.3 is 5.97 Å². The van der Waals surface area contributed by atoms with Crippen molar-refractivity contribution in [1.29, 1.82) is 0 Å². The van der Waals surface area contributed by atoms with E-state index in [2.05, 4.69) is 10.3 Å². The van der Waals surface area contributed by atoms with Crippen LogP contribution >= 0.6 is 0 Å². The Bertz CT molecular complexity index is 1050. The second-order valence-corrected chi connectivity index (χ2v) is 5.22. The molecule has 3 aromatic rings. The molecule has 0 radical (unpaired) electrons. The van der Waals surface area contributed by atoms with Crippen molar-refractivity contribution in [3.63, 3.8) is 0 Å². The van der Waals surface area contributed by atoms with Crippen LogP contribution in [0.4, 0.5) is 0 Å². The number of imide groups is 1. The number of carboxylic acids is 1. The number of hydrogen-bond acceptors (Lipinski definition) is 4. The summed E-state index contributed by atoms with van der Waals surface area (Å²) in [6, 6.07) is 6.64. The molecule has 3 N–H and O–H groups in total. The zero-order valence-corrected chi connectivity index (χ0v) is 11.9. The van der Waals surface area contributed by atoms with E-state index in [4.69, 9.17) is 4.74 Å². The number of aromatic carboxylic acids is 1. The van der Waals surface area contributed by atoms with E-state index in [-0.39, 0.29) is 16.7 Å². The first-order valence-electron chi connectivity index (χ1n) is 6.76. The predicted molar refractivity (Wildman–Crippen MR) is 81.1 cm³/mol. The zero-order chi connectivity index (χ0) is 16.3. The maximum Gasteiger partial charge on any atom is 0.336 e. The van der Waals surface area contributed by atoms with Crippen LogP contribution in [0.2, 0.25) is 0 Å². The molecule has 0 spiro atoms. The van der Waals surface area contributed by atoms with Gasteiger partial charge in [0.2, 0.25) is 0 Å². The second-order valence-electron chi connectivity index (χ2n) is 5.22. The van der Waals surface area contributed by atoms with E-state index in [1.165, 1.54) is 13.2 Å². The summed E-state index contributed by atoms with van der Waals surface area (Å²) in [4.78, 5) is 38.7. The van der Waals surface area contributed by atoms with Crippen LogP contribution in [0.1, 0.15) is 31.1 Å². The zero-order valence-electron chi connectivity index (χ0n) is 11.9. The van der Waals surface area contributed by atoms with Gasteiger partial charge < -0.3 is 14.8 Å². The standard InChI is InChI=1S/C16H10N2O5/c1-23-6-2-3-9-7(4-6)11-10(17-9)5-8(16(21)22)12-13(11)15(20)18-14(12)19/h2-5,17H,1H3,(H,21,22)(H,18,19,20). The Morgan fingerprint density at radius 1 is 1.09 bits per heavy atom. The molecule has 7 heteroatoms. The van der Waals surface area contributed by atoms with Crippen molar-refractivity contribution in [2.24, 2.45) is 0 Å². The number of benzene rings is 2. The van der Waals surface area contributed by atoms with Gasteiger partial charge in [0, 0.05) is 21.8 Å². The highest BCUT2D eigenvalue weighted by Crippen LogP contribution is 2.36. The number of carbonyl (C=O) groups excluding carboxylic acids is 2. The molecule has 0 aliphatic carbocycles. The molecule has 1 aliphatic rings. The molecule has 2 heterocycles. The van der Waals surface area contributed by atoms with Gasteiger partial charge in [0.25, 0.3) is 11.8 Å². The lowest BCUT2D eigenvalue weighted by atomic mass is 9.97. The van der Waals surface area contributed by atoms with Crippen molar-refractivity contribution in [1.82, 2.24) is 10.3 Å². The summed E-state index contributed by atoms with van der Waals surface area (Å²) in [7, 11) is 1.53. The third kappa shape index (κ3) is 1.67. The fourth-order valence-corrected chi connectivity index (χ4v) is 3.03. The Hall–Kier alpha value is -3.35. The lowest BCUT2D eigenvalue weighted by molar-refractivity contribution is 0.0691. The molecule has 2 aromatic carbocycles. The van der Waals surface area contributed by atoms with E-state index in [1.54, 1.807) is 18.2 Å². The topological polar surface area (TPSA) is 108 Å². The number of fused-ring (bicyclic) bond motifs is 5. The van der Waals surface area contributed by atoms with Gasteiger partial charge in [-0.1, -0.05) is 0 Å². The predicted octanol–water partition coefficient (Wildman–Crippen LogP) is 1.91. The highest BCUT2D eigenvalue weighted by Gasteiger charge is 2.35. The number of rotatable bonds is 2. The number of H-pyrrole nitrogens is 1. The van der Waals surface area contributed by atoms with Gasteiger partial charge in [-0.2, -0.15) is 0 Å². The fraction of sp³-hybridized carbons (Fsp3) is 0.0625. The fourth-order valence-electron chi connectivity index (χ4n) is 3.03. The average Bonchev–Trinajstić information content (AvgIpc) is 3.03. The molecule has 7 nitrogen and oxygen atoms in total. The van der Waals surface area contributed by atoms with E-state index in [1.807, 2.05) is 0 Å². The Morgan fingerprint density at radius 3 is 2.52 bits per heavy atom. The molecule has 0 unspecified atom stereocenters. The van der Waals surface area contributed by atoms with Crippen LogP contribution in [0.3, 0.4) is 0 Å². The normalized spacial score (nSPS) is 13.4. The molecule has 0 fully saturated rings. The van der Waals surface area contributed by atoms with Crippen LogP contribution in [-0.4, -0.2) is 35.0 Å². The molecule has 114 valence electrons. The largest absolute Gasteiger partial charge is 0.497 e. The minimum absolute atomic E-state index is 0.0874. The van der Waals surface area contributed by atoms with Gasteiger partial charge in [-0.3, -0.25) is 14.9 Å². The molecule has 4 rings (SSSR count). The van der Waals surface area contributed by atoms with Crippen LogP contribution in [0.15, 0.2) is 24.3 Å². The summed E-state index contributed by atoms with van der Waals surface area (Å²) in [6.45, 7) is 0. The third-order valence-electron chi connectivity index (χ3n) is 4.00. The van der Waals surface area contributed by atoms with Gasteiger partial charge in [0.15, 0.2) is 0 Å². The lowest BCUT2D eigenvalue weighted by Crippen LogP contribution is -2.20. The molecule has 23 heavy (non-hydrogen) atoms. The van der Waals surface area contributed by atoms with Crippen molar-refractivity contribution < 1.29 is 24.2 Å². The minimum atomic E-state index is -1.26. The van der Waals surface area contributed by atoms with Crippen molar-refractivity contribution in [3.8, 4) is 5.75 Å². The Balaban J connectivity index is 2.24. The number of carbonyl (C=O) groups is 3. The maximum atomic E-state index is 12.2. The van der Waals surface area contributed by atoms with Gasteiger partial charge in [-0.05, 0) is 24.3 Å². The van der Waals surface area contributed by atoms with E-state index < -0.39 is 17.8 Å². The molecule has 0 saturated carbocycles. The summed E-state index contributed by atoms with van der Waals surface area (Å²) in [6.07, 6.45) is 0. The lowest BCUT2D eigenvalue weighted by Gasteiger charge is -2.04. The van der Waals surface area contributed by atoms with E-state index in [9.17, 15) is 19.5 Å². The number of aromatic nitrogens is 1. The van der Waals surface area contributed by atoms with Gasteiger partial charge in [-0.25, -0.2) is 4.79 Å². The molecule has 2 amide bonds. The molecular formula is C16H10N2O5. The molecule has 1 aromatic heterocycles. The number of aromatic amines is 1. The number of methoxy groups -OCH3 is 1. The first-order chi connectivity index (χ1) is 11.0. The Morgan fingerprint density at radius 2 is 1.83 bits per heavy atom. The number of amides is 2. The van der Waals surface area contributed by atoms with Crippen molar-refractivity contribution >= 4 is 39.6 Å². The van der Waals surface area contributed by atoms with Gasteiger partial charge in [0.1, 0.15) is 5.75 Å². The number of hydrogen-bond donors (Lipinski definition) is 3. The molecule has 0 atom stereocenters. The summed E-state index contributed by atoms with van der Waals surface area (Å²) >= 11 is 0. The monoisotopic (exact) mass is 310 g/mol. The highest BCUT2D eigenvalue weighted by molar-refractivity contribution is 6.32. The highest BCUT2D eigenvalue weighted by atomic mass is 16.5. The molecular weight excluding hydrogens is 300 g/mol. The second kappa shape index (κ2) is 4.33. The number of carboxylic acid groups (broad SMARTS) is 1. The summed E-state index contributed by atoms with van der Waals surface area (Å²) in [5.74, 6) is -1.95. The van der Waals surface area contributed by atoms with Crippen LogP contribution in [0, 0.1) is 0 Å². The SMILES string of the molecule is COc1ccc2[nH]c3cc(C(=O)O)c4c(c3c2c1)C(=O)NC4=O. The summed E-state index contributed by atoms with van der Waals surface area (Å²) in [5.41, 5.74) is 0.990. The van der Waals surface area contributed by atoms with E-state index in [0.717, 1.165) is 5.52 Å². The Labute approximate surface area is 128 Å². The minimum Gasteiger partial charge on any atom is -0.497 e. The first-order valence-corrected chi connectivity index (χ1v) is 6.76. The van der Waals surface area contributed by atoms with Crippen molar-refractivity contribution in [3.05, 3.63) is 41.0 Å². The quantitative estimate of drug-likeness (QED) is 0.627. The maximum absolute atomic E-state index is 12.2. The number of ether oxygens (including phenoxy) is 1.